The number of nitrogens with zero attached hydrogens (tertiary/aromatic N) is 1. The summed E-state index contributed by atoms with van der Waals surface area (Å²) in [6.07, 6.45) is 6.65. The van der Waals surface area contributed by atoms with Crippen LogP contribution < -0.4 is 9.46 Å². The minimum absolute atomic E-state index is 0.0361. The van der Waals surface area contributed by atoms with Crippen molar-refractivity contribution in [2.75, 3.05) is 19.6 Å². The van der Waals surface area contributed by atoms with Gasteiger partial charge in [-0.3, -0.25) is 4.79 Å². The van der Waals surface area contributed by atoms with Gasteiger partial charge in [-0.15, -0.1) is 0 Å². The van der Waals surface area contributed by atoms with E-state index in [4.69, 9.17) is 4.74 Å². The molecule has 0 radical (unpaired) electrons. The number of ether oxygens (including phenoxy) is 1. The maximum Gasteiger partial charge on any atom is 0.240 e. The zero-order valence-electron chi connectivity index (χ0n) is 15.7. The van der Waals surface area contributed by atoms with Crippen LogP contribution in [0.15, 0.2) is 29.2 Å². The molecule has 1 aromatic rings. The molecule has 1 aromatic carbocycles. The molecule has 1 aliphatic rings. The molecule has 6 nitrogen and oxygen atoms in total. The summed E-state index contributed by atoms with van der Waals surface area (Å²) >= 11 is 0. The van der Waals surface area contributed by atoms with Crippen molar-refractivity contribution >= 4 is 15.9 Å². The summed E-state index contributed by atoms with van der Waals surface area (Å²) in [5.41, 5.74) is 0. The molecule has 1 fully saturated rings. The second-order valence-corrected chi connectivity index (χ2v) is 8.52. The molecule has 0 atom stereocenters. The van der Waals surface area contributed by atoms with E-state index in [1.54, 1.807) is 29.2 Å². The molecule has 1 amide bonds. The van der Waals surface area contributed by atoms with E-state index in [-0.39, 0.29) is 23.5 Å². The van der Waals surface area contributed by atoms with Gasteiger partial charge in [0.1, 0.15) is 5.75 Å². The highest BCUT2D eigenvalue weighted by Crippen LogP contribution is 2.24. The average Bonchev–Trinajstić information content (AvgIpc) is 3.11. The highest BCUT2D eigenvalue weighted by atomic mass is 32.2. The first-order chi connectivity index (χ1) is 12.4. The molecule has 0 aromatic heterocycles. The predicted molar refractivity (Wildman–Crippen MR) is 102 cm³/mol. The minimum Gasteiger partial charge on any atom is -0.490 e. The first-order valence-corrected chi connectivity index (χ1v) is 10.9. The maximum atomic E-state index is 12.4. The number of sulfonamides is 1. The van der Waals surface area contributed by atoms with Crippen LogP contribution in [0.2, 0.25) is 0 Å². The third-order valence-electron chi connectivity index (χ3n) is 4.64. The molecule has 1 saturated carbocycles. The van der Waals surface area contributed by atoms with Crippen LogP contribution in [0.1, 0.15) is 52.4 Å². The summed E-state index contributed by atoms with van der Waals surface area (Å²) in [5.74, 6) is 0.671. The lowest BCUT2D eigenvalue weighted by atomic mass is 10.3. The van der Waals surface area contributed by atoms with Crippen molar-refractivity contribution in [2.45, 2.75) is 63.4 Å². The van der Waals surface area contributed by atoms with Gasteiger partial charge in [-0.2, -0.15) is 0 Å². The first-order valence-electron chi connectivity index (χ1n) is 9.44. The van der Waals surface area contributed by atoms with Crippen LogP contribution >= 0.6 is 0 Å². The number of carbonyl (C=O) groups is 1. The Morgan fingerprint density at radius 2 is 1.85 bits per heavy atom. The molecule has 2 rings (SSSR count). The number of benzene rings is 1. The molecule has 0 spiro atoms. The summed E-state index contributed by atoms with van der Waals surface area (Å²) in [4.78, 5) is 13.5. The fourth-order valence-corrected chi connectivity index (χ4v) is 4.09. The fourth-order valence-electron chi connectivity index (χ4n) is 3.07. The summed E-state index contributed by atoms with van der Waals surface area (Å²) in [7, 11) is -3.59. The number of hydrogen-bond donors (Lipinski definition) is 1. The van der Waals surface area contributed by atoms with Gasteiger partial charge in [0.15, 0.2) is 0 Å². The van der Waals surface area contributed by atoms with Gasteiger partial charge in [-0.25, -0.2) is 13.1 Å². The molecule has 0 aliphatic heterocycles. The van der Waals surface area contributed by atoms with Crippen LogP contribution in [0.25, 0.3) is 0 Å². The molecule has 0 bridgehead atoms. The highest BCUT2D eigenvalue weighted by Gasteiger charge is 2.18. The number of carbonyl (C=O) groups excluding carboxylic acids is 1. The molecule has 146 valence electrons. The molecule has 0 heterocycles. The van der Waals surface area contributed by atoms with Crippen molar-refractivity contribution in [3.63, 3.8) is 0 Å². The average molecular weight is 383 g/mol. The molecular weight excluding hydrogens is 352 g/mol. The number of amides is 1. The largest absolute Gasteiger partial charge is 0.490 e. The predicted octanol–water partition coefficient (Wildman–Crippen LogP) is 2.93. The SMILES string of the molecule is CCCCN(CCNS(=O)(=O)c1ccc(OC2CCCC2)cc1)C(C)=O. The number of nitrogens with one attached hydrogen (secondary N) is 1. The molecule has 0 unspecified atom stereocenters. The Bertz CT molecular complexity index is 667. The zero-order chi connectivity index (χ0) is 19.0. The van der Waals surface area contributed by atoms with Gasteiger partial charge >= 0.3 is 0 Å². The van der Waals surface area contributed by atoms with Gasteiger partial charge in [-0.05, 0) is 56.4 Å². The van der Waals surface area contributed by atoms with Crippen molar-refractivity contribution < 1.29 is 17.9 Å². The van der Waals surface area contributed by atoms with Crippen molar-refractivity contribution in [3.8, 4) is 5.75 Å². The van der Waals surface area contributed by atoms with Crippen LogP contribution in [0.4, 0.5) is 0 Å². The zero-order valence-corrected chi connectivity index (χ0v) is 16.6. The lowest BCUT2D eigenvalue weighted by Gasteiger charge is -2.21. The third kappa shape index (κ3) is 6.29. The number of unbranched alkanes of at least 4 members (excludes halogenated alkanes) is 1. The Morgan fingerprint density at radius 1 is 1.19 bits per heavy atom. The fraction of sp³-hybridized carbons (Fsp3) is 0.632. The second-order valence-electron chi connectivity index (χ2n) is 6.75. The maximum absolute atomic E-state index is 12.4. The first kappa shape index (κ1) is 20.7. The van der Waals surface area contributed by atoms with Gasteiger partial charge in [0.05, 0.1) is 11.0 Å². The highest BCUT2D eigenvalue weighted by molar-refractivity contribution is 7.89. The van der Waals surface area contributed by atoms with E-state index in [9.17, 15) is 13.2 Å². The normalized spacial score (nSPS) is 15.2. The minimum atomic E-state index is -3.59. The molecule has 1 N–H and O–H groups in total. The molecule has 0 saturated heterocycles. The lowest BCUT2D eigenvalue weighted by molar-refractivity contribution is -0.128. The van der Waals surface area contributed by atoms with Crippen LogP contribution in [0.5, 0.6) is 5.75 Å². The quantitative estimate of drug-likeness (QED) is 0.675. The van der Waals surface area contributed by atoms with E-state index in [0.717, 1.165) is 25.7 Å². The third-order valence-corrected chi connectivity index (χ3v) is 6.12. The van der Waals surface area contributed by atoms with Crippen LogP contribution in [0.3, 0.4) is 0 Å². The van der Waals surface area contributed by atoms with Crippen molar-refractivity contribution in [1.82, 2.24) is 9.62 Å². The van der Waals surface area contributed by atoms with E-state index in [0.29, 0.717) is 18.8 Å². The van der Waals surface area contributed by atoms with E-state index in [2.05, 4.69) is 11.6 Å². The van der Waals surface area contributed by atoms with E-state index >= 15 is 0 Å². The molecular formula is C19H30N2O4S. The standard InChI is InChI=1S/C19H30N2O4S/c1-3-4-14-21(16(2)22)15-13-20-26(23,24)19-11-9-18(10-12-19)25-17-7-5-6-8-17/h9-12,17,20H,3-8,13-15H2,1-2H3. The Balaban J connectivity index is 1.87. The van der Waals surface area contributed by atoms with Gasteiger partial charge < -0.3 is 9.64 Å². The van der Waals surface area contributed by atoms with Gasteiger partial charge in [0, 0.05) is 26.6 Å². The van der Waals surface area contributed by atoms with Gasteiger partial charge in [0.2, 0.25) is 15.9 Å². The summed E-state index contributed by atoms with van der Waals surface area (Å²) in [5, 5.41) is 0. The van der Waals surface area contributed by atoms with Crippen molar-refractivity contribution in [2.24, 2.45) is 0 Å². The Hall–Kier alpha value is -1.60. The second kappa shape index (κ2) is 9.92. The lowest BCUT2D eigenvalue weighted by Crippen LogP contribution is -2.38. The van der Waals surface area contributed by atoms with Crippen molar-refractivity contribution in [1.29, 1.82) is 0 Å². The van der Waals surface area contributed by atoms with Gasteiger partial charge in [0.25, 0.3) is 0 Å². The van der Waals surface area contributed by atoms with Crippen molar-refractivity contribution in [3.05, 3.63) is 24.3 Å². The van der Waals surface area contributed by atoms with E-state index in [1.807, 2.05) is 0 Å². The molecule has 7 heteroatoms. The van der Waals surface area contributed by atoms with Gasteiger partial charge in [-0.1, -0.05) is 13.3 Å². The number of rotatable bonds is 10. The van der Waals surface area contributed by atoms with E-state index in [1.165, 1.54) is 19.8 Å². The number of hydrogen-bond acceptors (Lipinski definition) is 4. The Morgan fingerprint density at radius 3 is 2.42 bits per heavy atom. The summed E-state index contributed by atoms with van der Waals surface area (Å²) in [6, 6.07) is 6.53. The molecule has 26 heavy (non-hydrogen) atoms. The topological polar surface area (TPSA) is 75.7 Å². The smallest absolute Gasteiger partial charge is 0.240 e. The summed E-state index contributed by atoms with van der Waals surface area (Å²) in [6.45, 7) is 4.79. The monoisotopic (exact) mass is 382 g/mol. The Kier molecular flexibility index (Phi) is 7.90. The van der Waals surface area contributed by atoms with E-state index < -0.39 is 10.0 Å². The Labute approximate surface area is 157 Å². The summed E-state index contributed by atoms with van der Waals surface area (Å²) < 4.78 is 33.2. The van der Waals surface area contributed by atoms with Crippen LogP contribution in [0, 0.1) is 0 Å². The molecule has 1 aliphatic carbocycles. The van der Waals surface area contributed by atoms with Crippen LogP contribution in [-0.4, -0.2) is 45.0 Å². The van der Waals surface area contributed by atoms with Crippen LogP contribution in [-0.2, 0) is 14.8 Å².